The van der Waals surface area contributed by atoms with Gasteiger partial charge in [0, 0.05) is 5.41 Å². The van der Waals surface area contributed by atoms with E-state index in [0.717, 1.165) is 6.29 Å². The van der Waals surface area contributed by atoms with Crippen LogP contribution in [0.25, 0.3) is 0 Å². The zero-order valence-electron chi connectivity index (χ0n) is 6.00. The monoisotopic (exact) mass is 142 g/mol. The number of carbonyl (C=O) groups excluding carboxylic acids is 1. The minimum atomic E-state index is -0.859. The highest BCUT2D eigenvalue weighted by Crippen LogP contribution is 2.56. The van der Waals surface area contributed by atoms with E-state index in [1.165, 1.54) is 0 Å². The summed E-state index contributed by atoms with van der Waals surface area (Å²) in [6, 6.07) is 0. The quantitative estimate of drug-likeness (QED) is 0.572. The Bertz CT molecular complexity index is 187. The highest BCUT2D eigenvalue weighted by molar-refractivity contribution is 5.84. The van der Waals surface area contributed by atoms with E-state index in [2.05, 4.69) is 0 Å². The molecule has 0 spiro atoms. The van der Waals surface area contributed by atoms with E-state index < -0.39 is 17.3 Å². The maximum atomic E-state index is 10.4. The number of carboxylic acid groups (broad SMARTS) is 1. The largest absolute Gasteiger partial charge is 0.481 e. The summed E-state index contributed by atoms with van der Waals surface area (Å²) >= 11 is 0. The van der Waals surface area contributed by atoms with Crippen molar-refractivity contribution in [1.29, 1.82) is 0 Å². The molecular formula is C7H10O3. The fraction of sp³-hybridized carbons (Fsp3) is 0.714. The van der Waals surface area contributed by atoms with Gasteiger partial charge in [0.1, 0.15) is 6.29 Å². The lowest BCUT2D eigenvalue weighted by Gasteiger charge is -1.94. The topological polar surface area (TPSA) is 54.4 Å². The summed E-state index contributed by atoms with van der Waals surface area (Å²) in [6.45, 7) is 3.47. The summed E-state index contributed by atoms with van der Waals surface area (Å²) in [7, 11) is 0. The van der Waals surface area contributed by atoms with E-state index in [0.29, 0.717) is 0 Å². The fourth-order valence-electron chi connectivity index (χ4n) is 1.41. The van der Waals surface area contributed by atoms with Gasteiger partial charge in [0.15, 0.2) is 0 Å². The van der Waals surface area contributed by atoms with Gasteiger partial charge in [-0.2, -0.15) is 0 Å². The maximum Gasteiger partial charge on any atom is 0.307 e. The molecule has 3 nitrogen and oxygen atoms in total. The van der Waals surface area contributed by atoms with Crippen molar-refractivity contribution in [2.45, 2.75) is 13.8 Å². The Kier molecular flexibility index (Phi) is 1.31. The first-order valence-corrected chi connectivity index (χ1v) is 3.23. The molecule has 1 saturated carbocycles. The molecule has 0 radical (unpaired) electrons. The molecule has 1 aliphatic carbocycles. The smallest absolute Gasteiger partial charge is 0.307 e. The third-order valence-electron chi connectivity index (χ3n) is 2.56. The van der Waals surface area contributed by atoms with E-state index in [1.807, 2.05) is 0 Å². The third kappa shape index (κ3) is 0.664. The van der Waals surface area contributed by atoms with Crippen LogP contribution in [0.4, 0.5) is 0 Å². The van der Waals surface area contributed by atoms with E-state index >= 15 is 0 Å². The number of rotatable bonds is 2. The van der Waals surface area contributed by atoms with Crippen LogP contribution in [0.2, 0.25) is 0 Å². The van der Waals surface area contributed by atoms with E-state index in [4.69, 9.17) is 5.11 Å². The van der Waals surface area contributed by atoms with Crippen LogP contribution in [-0.2, 0) is 9.59 Å². The first-order valence-electron chi connectivity index (χ1n) is 3.23. The standard InChI is InChI=1S/C7H10O3/c1-4-5(6(9)10)7(4,2)3-8/h3-5H,1-2H3,(H,9,10). The highest BCUT2D eigenvalue weighted by Gasteiger charge is 2.62. The summed E-state index contributed by atoms with van der Waals surface area (Å²) < 4.78 is 0. The molecule has 0 aromatic carbocycles. The number of carboxylic acids is 1. The van der Waals surface area contributed by atoms with Crippen LogP contribution in [0.5, 0.6) is 0 Å². The Balaban J connectivity index is 2.73. The predicted molar refractivity (Wildman–Crippen MR) is 34.5 cm³/mol. The van der Waals surface area contributed by atoms with Crippen molar-refractivity contribution in [3.63, 3.8) is 0 Å². The van der Waals surface area contributed by atoms with Crippen LogP contribution < -0.4 is 0 Å². The first-order chi connectivity index (χ1) is 4.54. The average molecular weight is 142 g/mol. The molecule has 0 aromatic rings. The Hall–Kier alpha value is -0.860. The predicted octanol–water partition coefficient (Wildman–Crippen LogP) is 0.542. The molecule has 1 N–H and O–H groups in total. The molecule has 1 rings (SSSR count). The molecule has 3 heteroatoms. The van der Waals surface area contributed by atoms with Gasteiger partial charge in [0.05, 0.1) is 5.92 Å². The minimum Gasteiger partial charge on any atom is -0.481 e. The molecule has 3 atom stereocenters. The van der Waals surface area contributed by atoms with Crippen molar-refractivity contribution in [2.75, 3.05) is 0 Å². The van der Waals surface area contributed by atoms with Crippen LogP contribution in [-0.4, -0.2) is 17.4 Å². The second-order valence-electron chi connectivity index (χ2n) is 3.09. The van der Waals surface area contributed by atoms with Crippen molar-refractivity contribution in [1.82, 2.24) is 0 Å². The molecule has 0 aromatic heterocycles. The van der Waals surface area contributed by atoms with E-state index in [1.54, 1.807) is 13.8 Å². The first kappa shape index (κ1) is 7.25. The molecule has 1 fully saturated rings. The molecule has 10 heavy (non-hydrogen) atoms. The van der Waals surface area contributed by atoms with Gasteiger partial charge in [0.25, 0.3) is 0 Å². The van der Waals surface area contributed by atoms with Gasteiger partial charge in [0.2, 0.25) is 0 Å². The zero-order valence-corrected chi connectivity index (χ0v) is 6.00. The van der Waals surface area contributed by atoms with E-state index in [9.17, 15) is 9.59 Å². The van der Waals surface area contributed by atoms with Gasteiger partial charge in [-0.15, -0.1) is 0 Å². The third-order valence-corrected chi connectivity index (χ3v) is 2.56. The molecule has 0 heterocycles. The lowest BCUT2D eigenvalue weighted by Crippen LogP contribution is -2.07. The summed E-state index contributed by atoms with van der Waals surface area (Å²) in [4.78, 5) is 20.7. The molecule has 0 bridgehead atoms. The van der Waals surface area contributed by atoms with Gasteiger partial charge in [-0.05, 0) is 5.92 Å². The Morgan fingerprint density at radius 1 is 1.70 bits per heavy atom. The Labute approximate surface area is 59.0 Å². The number of hydrogen-bond acceptors (Lipinski definition) is 2. The molecular weight excluding hydrogens is 132 g/mol. The van der Waals surface area contributed by atoms with Crippen LogP contribution in [0, 0.1) is 17.3 Å². The molecule has 1 aliphatic rings. The lowest BCUT2D eigenvalue weighted by molar-refractivity contribution is -0.140. The van der Waals surface area contributed by atoms with Gasteiger partial charge in [-0.1, -0.05) is 13.8 Å². The second-order valence-corrected chi connectivity index (χ2v) is 3.09. The van der Waals surface area contributed by atoms with Gasteiger partial charge >= 0.3 is 5.97 Å². The van der Waals surface area contributed by atoms with E-state index in [-0.39, 0.29) is 5.92 Å². The Morgan fingerprint density at radius 2 is 2.20 bits per heavy atom. The molecule has 0 aliphatic heterocycles. The number of hydrogen-bond donors (Lipinski definition) is 1. The highest BCUT2D eigenvalue weighted by atomic mass is 16.4. The van der Waals surface area contributed by atoms with Crippen LogP contribution >= 0.6 is 0 Å². The summed E-state index contributed by atoms with van der Waals surface area (Å²) in [5.74, 6) is -1.31. The van der Waals surface area contributed by atoms with Crippen molar-refractivity contribution < 1.29 is 14.7 Å². The minimum absolute atomic E-state index is 0.00231. The fourth-order valence-corrected chi connectivity index (χ4v) is 1.41. The van der Waals surface area contributed by atoms with Gasteiger partial charge < -0.3 is 9.90 Å². The maximum absolute atomic E-state index is 10.4. The second kappa shape index (κ2) is 1.81. The number of aliphatic carboxylic acids is 1. The van der Waals surface area contributed by atoms with Crippen molar-refractivity contribution >= 4 is 12.3 Å². The number of carbonyl (C=O) groups is 2. The summed E-state index contributed by atoms with van der Waals surface area (Å²) in [5.41, 5.74) is -0.591. The molecule has 3 unspecified atom stereocenters. The normalized spacial score (nSPS) is 44.6. The van der Waals surface area contributed by atoms with Crippen molar-refractivity contribution in [2.24, 2.45) is 17.3 Å². The van der Waals surface area contributed by atoms with Crippen LogP contribution in [0.15, 0.2) is 0 Å². The number of aldehydes is 1. The SMILES string of the molecule is CC1C(C(=O)O)C1(C)C=O. The van der Waals surface area contributed by atoms with Gasteiger partial charge in [-0.3, -0.25) is 4.79 Å². The molecule has 56 valence electrons. The van der Waals surface area contributed by atoms with Crippen LogP contribution in [0.3, 0.4) is 0 Å². The summed E-state index contributed by atoms with van der Waals surface area (Å²) in [5, 5.41) is 8.53. The molecule has 0 saturated heterocycles. The van der Waals surface area contributed by atoms with Crippen molar-refractivity contribution in [3.8, 4) is 0 Å². The summed E-state index contributed by atoms with van der Waals surface area (Å²) in [6.07, 6.45) is 0.746. The van der Waals surface area contributed by atoms with Gasteiger partial charge in [-0.25, -0.2) is 0 Å². The Morgan fingerprint density at radius 3 is 2.30 bits per heavy atom. The van der Waals surface area contributed by atoms with Crippen molar-refractivity contribution in [3.05, 3.63) is 0 Å². The van der Waals surface area contributed by atoms with Crippen LogP contribution in [0.1, 0.15) is 13.8 Å². The molecule has 0 amide bonds. The lowest BCUT2D eigenvalue weighted by atomic mass is 10.1. The average Bonchev–Trinajstić information content (AvgIpc) is 2.38. The zero-order chi connectivity index (χ0) is 7.94.